The minimum atomic E-state index is -0.196. The van der Waals surface area contributed by atoms with Crippen molar-refractivity contribution in [3.8, 4) is 11.3 Å². The SMILES string of the molecule is Cc1cc(-c2csc3cnc(N)n23)ccc1F. The van der Waals surface area contributed by atoms with Crippen LogP contribution in [0.3, 0.4) is 0 Å². The van der Waals surface area contributed by atoms with Gasteiger partial charge in [0.05, 0.1) is 11.9 Å². The molecule has 0 saturated heterocycles. The Hall–Kier alpha value is -1.88. The maximum atomic E-state index is 13.2. The van der Waals surface area contributed by atoms with Crippen molar-refractivity contribution >= 4 is 22.1 Å². The minimum absolute atomic E-state index is 0.196. The first-order valence-electron chi connectivity index (χ1n) is 5.14. The second kappa shape index (κ2) is 3.56. The van der Waals surface area contributed by atoms with E-state index in [1.165, 1.54) is 6.07 Å². The zero-order valence-corrected chi connectivity index (χ0v) is 9.96. The maximum absolute atomic E-state index is 13.2. The quantitative estimate of drug-likeness (QED) is 0.718. The Labute approximate surface area is 101 Å². The van der Waals surface area contributed by atoms with Gasteiger partial charge in [0.1, 0.15) is 10.6 Å². The number of imidazole rings is 1. The van der Waals surface area contributed by atoms with Crippen molar-refractivity contribution in [2.24, 2.45) is 0 Å². The lowest BCUT2D eigenvalue weighted by molar-refractivity contribution is 0.619. The van der Waals surface area contributed by atoms with Crippen LogP contribution in [0.1, 0.15) is 5.56 Å². The average molecular weight is 247 g/mol. The molecule has 1 aromatic carbocycles. The van der Waals surface area contributed by atoms with E-state index in [1.807, 2.05) is 15.8 Å². The minimum Gasteiger partial charge on any atom is -0.369 e. The number of rotatable bonds is 1. The molecule has 2 aromatic heterocycles. The standard InChI is InChI=1S/C12H10FN3S/c1-7-4-8(2-3-9(7)13)10-6-17-11-5-15-12(14)16(10)11/h2-6H,1H3,(H2,14,15). The largest absolute Gasteiger partial charge is 0.369 e. The topological polar surface area (TPSA) is 43.3 Å². The number of anilines is 1. The molecule has 0 aliphatic rings. The van der Waals surface area contributed by atoms with Gasteiger partial charge in [-0.15, -0.1) is 11.3 Å². The van der Waals surface area contributed by atoms with Crippen molar-refractivity contribution in [2.75, 3.05) is 5.73 Å². The fourth-order valence-corrected chi connectivity index (χ4v) is 2.73. The van der Waals surface area contributed by atoms with Crippen LogP contribution in [0.15, 0.2) is 29.8 Å². The molecular weight excluding hydrogens is 237 g/mol. The first kappa shape index (κ1) is 10.3. The number of nitrogen functional groups attached to an aromatic ring is 1. The molecule has 3 nitrogen and oxygen atoms in total. The van der Waals surface area contributed by atoms with Gasteiger partial charge in [-0.1, -0.05) is 0 Å². The summed E-state index contributed by atoms with van der Waals surface area (Å²) >= 11 is 1.57. The van der Waals surface area contributed by atoms with Crippen molar-refractivity contribution in [3.63, 3.8) is 0 Å². The van der Waals surface area contributed by atoms with E-state index in [2.05, 4.69) is 4.98 Å². The van der Waals surface area contributed by atoms with E-state index in [-0.39, 0.29) is 5.82 Å². The molecule has 86 valence electrons. The number of hydrogen-bond donors (Lipinski definition) is 1. The van der Waals surface area contributed by atoms with E-state index in [1.54, 1.807) is 30.5 Å². The van der Waals surface area contributed by atoms with Crippen LogP contribution in [0.2, 0.25) is 0 Å². The van der Waals surface area contributed by atoms with Crippen LogP contribution in [-0.4, -0.2) is 9.38 Å². The molecule has 2 heterocycles. The lowest BCUT2D eigenvalue weighted by Crippen LogP contribution is -1.95. The highest BCUT2D eigenvalue weighted by Gasteiger charge is 2.10. The smallest absolute Gasteiger partial charge is 0.206 e. The lowest BCUT2D eigenvalue weighted by Gasteiger charge is -2.03. The Kier molecular flexibility index (Phi) is 2.16. The monoisotopic (exact) mass is 247 g/mol. The number of nitrogens with zero attached hydrogens (tertiary/aromatic N) is 2. The van der Waals surface area contributed by atoms with E-state index in [9.17, 15) is 4.39 Å². The van der Waals surface area contributed by atoms with E-state index >= 15 is 0 Å². The number of aromatic nitrogens is 2. The lowest BCUT2D eigenvalue weighted by atomic mass is 10.1. The number of fused-ring (bicyclic) bond motifs is 1. The second-order valence-electron chi connectivity index (χ2n) is 3.87. The van der Waals surface area contributed by atoms with Gasteiger partial charge in [0, 0.05) is 5.38 Å². The molecule has 0 fully saturated rings. The number of nitrogens with two attached hydrogens (primary N) is 1. The highest BCUT2D eigenvalue weighted by atomic mass is 32.1. The molecule has 0 amide bonds. The van der Waals surface area contributed by atoms with E-state index in [0.29, 0.717) is 11.5 Å². The van der Waals surface area contributed by atoms with Crippen LogP contribution in [0.25, 0.3) is 16.1 Å². The number of hydrogen-bond acceptors (Lipinski definition) is 3. The summed E-state index contributed by atoms with van der Waals surface area (Å²) in [4.78, 5) is 5.04. The third-order valence-corrected chi connectivity index (χ3v) is 3.61. The highest BCUT2D eigenvalue weighted by molar-refractivity contribution is 7.16. The summed E-state index contributed by atoms with van der Waals surface area (Å²) in [5, 5.41) is 2.00. The molecule has 0 spiro atoms. The molecule has 0 aliphatic carbocycles. The van der Waals surface area contributed by atoms with Crippen LogP contribution in [0.5, 0.6) is 0 Å². The van der Waals surface area contributed by atoms with E-state index in [0.717, 1.165) is 16.1 Å². The third-order valence-electron chi connectivity index (χ3n) is 2.74. The van der Waals surface area contributed by atoms with Gasteiger partial charge in [-0.05, 0) is 36.2 Å². The van der Waals surface area contributed by atoms with Crippen LogP contribution in [0.4, 0.5) is 10.3 Å². The number of benzene rings is 1. The van der Waals surface area contributed by atoms with E-state index < -0.39 is 0 Å². The Morgan fingerprint density at radius 1 is 1.41 bits per heavy atom. The fraction of sp³-hybridized carbons (Fsp3) is 0.0833. The van der Waals surface area contributed by atoms with Crippen LogP contribution in [-0.2, 0) is 0 Å². The van der Waals surface area contributed by atoms with Gasteiger partial charge in [-0.3, -0.25) is 4.40 Å². The summed E-state index contributed by atoms with van der Waals surface area (Å²) in [6.07, 6.45) is 1.74. The number of halogens is 1. The Morgan fingerprint density at radius 2 is 2.24 bits per heavy atom. The van der Waals surface area contributed by atoms with Crippen molar-refractivity contribution in [2.45, 2.75) is 6.92 Å². The van der Waals surface area contributed by atoms with Gasteiger partial charge >= 0.3 is 0 Å². The first-order valence-corrected chi connectivity index (χ1v) is 6.02. The summed E-state index contributed by atoms with van der Waals surface area (Å²) in [5.41, 5.74) is 8.33. The Bertz CT molecular complexity index is 699. The zero-order valence-electron chi connectivity index (χ0n) is 9.14. The molecule has 0 unspecified atom stereocenters. The van der Waals surface area contributed by atoms with Gasteiger partial charge in [-0.25, -0.2) is 9.37 Å². The van der Waals surface area contributed by atoms with Gasteiger partial charge in [-0.2, -0.15) is 0 Å². The summed E-state index contributed by atoms with van der Waals surface area (Å²) < 4.78 is 15.1. The predicted octanol–water partition coefficient (Wildman–Crippen LogP) is 3.09. The molecule has 0 atom stereocenters. The van der Waals surface area contributed by atoms with Crippen LogP contribution >= 0.6 is 11.3 Å². The molecule has 0 aliphatic heterocycles. The molecule has 0 bridgehead atoms. The molecule has 2 N–H and O–H groups in total. The molecule has 0 radical (unpaired) electrons. The molecule has 5 heteroatoms. The summed E-state index contributed by atoms with van der Waals surface area (Å²) in [6, 6.07) is 5.04. The maximum Gasteiger partial charge on any atom is 0.206 e. The normalized spacial score (nSPS) is 11.2. The van der Waals surface area contributed by atoms with E-state index in [4.69, 9.17) is 5.73 Å². The van der Waals surface area contributed by atoms with Crippen molar-refractivity contribution in [1.29, 1.82) is 0 Å². The van der Waals surface area contributed by atoms with Gasteiger partial charge in [0.15, 0.2) is 0 Å². The highest BCUT2D eigenvalue weighted by Crippen LogP contribution is 2.29. The predicted molar refractivity (Wildman–Crippen MR) is 67.6 cm³/mol. The summed E-state index contributed by atoms with van der Waals surface area (Å²) in [6.45, 7) is 1.75. The van der Waals surface area contributed by atoms with Crippen LogP contribution in [0, 0.1) is 12.7 Å². The van der Waals surface area contributed by atoms with Gasteiger partial charge < -0.3 is 5.73 Å². The molecule has 3 rings (SSSR count). The molecular formula is C12H10FN3S. The van der Waals surface area contributed by atoms with Gasteiger partial charge in [0.2, 0.25) is 5.95 Å². The molecule has 0 saturated carbocycles. The van der Waals surface area contributed by atoms with Crippen molar-refractivity contribution < 1.29 is 4.39 Å². The van der Waals surface area contributed by atoms with Gasteiger partial charge in [0.25, 0.3) is 0 Å². The number of thiazole rings is 1. The second-order valence-corrected chi connectivity index (χ2v) is 4.76. The number of aryl methyl sites for hydroxylation is 1. The fourth-order valence-electron chi connectivity index (χ4n) is 1.85. The summed E-state index contributed by atoms with van der Waals surface area (Å²) in [7, 11) is 0. The molecule has 17 heavy (non-hydrogen) atoms. The average Bonchev–Trinajstić information content (AvgIpc) is 2.86. The zero-order chi connectivity index (χ0) is 12.0. The van der Waals surface area contributed by atoms with Crippen molar-refractivity contribution in [1.82, 2.24) is 9.38 Å². The van der Waals surface area contributed by atoms with Crippen LogP contribution < -0.4 is 5.73 Å². The Balaban J connectivity index is 2.26. The molecule has 3 aromatic rings. The summed E-state index contributed by atoms with van der Waals surface area (Å²) in [5.74, 6) is 0.261. The first-order chi connectivity index (χ1) is 8.16. The van der Waals surface area contributed by atoms with Crippen molar-refractivity contribution in [3.05, 3.63) is 41.2 Å². The Morgan fingerprint density at radius 3 is 3.00 bits per heavy atom. The third kappa shape index (κ3) is 1.51.